The molecule has 0 N–H and O–H groups in total. The molecule has 1 unspecified atom stereocenters. The van der Waals surface area contributed by atoms with Crippen LogP contribution in [0.5, 0.6) is 0 Å². The Bertz CT molecular complexity index is 737. The number of hydrogen-bond donors (Lipinski definition) is 0. The predicted molar refractivity (Wildman–Crippen MR) is 103 cm³/mol. The minimum absolute atomic E-state index is 0.00366. The van der Waals surface area contributed by atoms with E-state index in [0.717, 1.165) is 5.56 Å². The van der Waals surface area contributed by atoms with Crippen molar-refractivity contribution in [2.45, 2.75) is 32.7 Å². The summed E-state index contributed by atoms with van der Waals surface area (Å²) >= 11 is 5.99. The normalized spacial score (nSPS) is 20.7. The molecule has 6 nitrogen and oxygen atoms in total. The van der Waals surface area contributed by atoms with Gasteiger partial charge in [0.1, 0.15) is 6.04 Å². The van der Waals surface area contributed by atoms with E-state index in [4.69, 9.17) is 11.6 Å². The number of amides is 3. The molecule has 0 bridgehead atoms. The van der Waals surface area contributed by atoms with Crippen LogP contribution in [-0.4, -0.2) is 71.2 Å². The lowest BCUT2D eigenvalue weighted by Crippen LogP contribution is -2.60. The van der Waals surface area contributed by atoms with E-state index in [2.05, 4.69) is 0 Å². The third-order valence-corrected chi connectivity index (χ3v) is 5.32. The molecule has 2 fully saturated rings. The molecule has 1 aromatic rings. The molecule has 0 spiro atoms. The summed E-state index contributed by atoms with van der Waals surface area (Å²) in [5, 5.41) is 0.606. The van der Waals surface area contributed by atoms with Crippen LogP contribution in [0.2, 0.25) is 5.02 Å². The highest BCUT2D eigenvalue weighted by Crippen LogP contribution is 2.21. The van der Waals surface area contributed by atoms with Gasteiger partial charge in [0.15, 0.2) is 0 Å². The first-order valence-corrected chi connectivity index (χ1v) is 9.83. The number of benzene rings is 1. The fraction of sp³-hybridized carbons (Fsp3) is 0.550. The highest BCUT2D eigenvalue weighted by atomic mass is 35.5. The molecule has 3 amide bonds. The zero-order chi connectivity index (χ0) is 19.6. The molecule has 1 atom stereocenters. The van der Waals surface area contributed by atoms with E-state index in [1.54, 1.807) is 26.8 Å². The lowest BCUT2D eigenvalue weighted by Gasteiger charge is -2.39. The zero-order valence-electron chi connectivity index (χ0n) is 15.9. The van der Waals surface area contributed by atoms with Gasteiger partial charge in [-0.25, -0.2) is 0 Å². The second-order valence-electron chi connectivity index (χ2n) is 7.69. The lowest BCUT2D eigenvalue weighted by molar-refractivity contribution is -0.156. The maximum absolute atomic E-state index is 12.8. The van der Waals surface area contributed by atoms with Crippen molar-refractivity contribution in [1.29, 1.82) is 0 Å². The van der Waals surface area contributed by atoms with Gasteiger partial charge in [-0.1, -0.05) is 37.6 Å². The number of carbonyl (C=O) groups excluding carboxylic acids is 3. The van der Waals surface area contributed by atoms with E-state index in [-0.39, 0.29) is 30.7 Å². The number of piperazine rings is 1. The van der Waals surface area contributed by atoms with Crippen molar-refractivity contribution in [1.82, 2.24) is 14.7 Å². The molecule has 146 valence electrons. The molecule has 0 radical (unpaired) electrons. The maximum atomic E-state index is 12.8. The van der Waals surface area contributed by atoms with Crippen molar-refractivity contribution in [3.05, 3.63) is 34.9 Å². The summed E-state index contributed by atoms with van der Waals surface area (Å²) in [6.07, 6.45) is 0.757. The molecule has 3 rings (SSSR count). The van der Waals surface area contributed by atoms with Crippen LogP contribution in [0.1, 0.15) is 25.8 Å². The van der Waals surface area contributed by atoms with Gasteiger partial charge >= 0.3 is 0 Å². The SMILES string of the molecule is CC(C)CN1CC(=O)N2CCN(C(=O)Cc3cccc(Cl)c3)CCC2C1=O. The van der Waals surface area contributed by atoms with Crippen LogP contribution in [0.3, 0.4) is 0 Å². The Morgan fingerprint density at radius 1 is 1.22 bits per heavy atom. The van der Waals surface area contributed by atoms with E-state index in [1.807, 2.05) is 26.0 Å². The minimum atomic E-state index is -0.450. The second kappa shape index (κ2) is 8.30. The zero-order valence-corrected chi connectivity index (χ0v) is 16.6. The first-order chi connectivity index (χ1) is 12.8. The first-order valence-electron chi connectivity index (χ1n) is 9.45. The third-order valence-electron chi connectivity index (χ3n) is 5.09. The Balaban J connectivity index is 1.66. The van der Waals surface area contributed by atoms with E-state index >= 15 is 0 Å². The molecule has 2 aliphatic rings. The van der Waals surface area contributed by atoms with Crippen molar-refractivity contribution in [2.24, 2.45) is 5.92 Å². The molecular weight excluding hydrogens is 366 g/mol. The first kappa shape index (κ1) is 19.7. The minimum Gasteiger partial charge on any atom is -0.341 e. The molecule has 2 saturated heterocycles. The van der Waals surface area contributed by atoms with Gasteiger partial charge in [-0.15, -0.1) is 0 Å². The van der Waals surface area contributed by atoms with Crippen LogP contribution >= 0.6 is 11.6 Å². The molecule has 0 aromatic heterocycles. The van der Waals surface area contributed by atoms with E-state index in [1.165, 1.54) is 0 Å². The number of nitrogens with zero attached hydrogens (tertiary/aromatic N) is 3. The molecule has 7 heteroatoms. The maximum Gasteiger partial charge on any atom is 0.245 e. The van der Waals surface area contributed by atoms with Crippen molar-refractivity contribution in [3.8, 4) is 0 Å². The number of rotatable bonds is 4. The summed E-state index contributed by atoms with van der Waals surface area (Å²) in [4.78, 5) is 43.1. The number of hydrogen-bond acceptors (Lipinski definition) is 3. The van der Waals surface area contributed by atoms with E-state index in [9.17, 15) is 14.4 Å². The molecular formula is C20H26ClN3O3. The van der Waals surface area contributed by atoms with E-state index in [0.29, 0.717) is 43.5 Å². The molecule has 2 aliphatic heterocycles. The van der Waals surface area contributed by atoms with Crippen molar-refractivity contribution >= 4 is 29.3 Å². The van der Waals surface area contributed by atoms with Crippen LogP contribution in [-0.2, 0) is 20.8 Å². The van der Waals surface area contributed by atoms with E-state index < -0.39 is 6.04 Å². The van der Waals surface area contributed by atoms with Crippen molar-refractivity contribution < 1.29 is 14.4 Å². The summed E-state index contributed by atoms with van der Waals surface area (Å²) in [7, 11) is 0. The summed E-state index contributed by atoms with van der Waals surface area (Å²) in [6.45, 7) is 6.15. The van der Waals surface area contributed by atoms with Crippen LogP contribution in [0.15, 0.2) is 24.3 Å². The fourth-order valence-corrected chi connectivity index (χ4v) is 4.02. The van der Waals surface area contributed by atoms with Crippen LogP contribution in [0.4, 0.5) is 0 Å². The second-order valence-corrected chi connectivity index (χ2v) is 8.13. The quantitative estimate of drug-likeness (QED) is 0.786. The molecule has 27 heavy (non-hydrogen) atoms. The molecule has 0 saturated carbocycles. The summed E-state index contributed by atoms with van der Waals surface area (Å²) < 4.78 is 0. The lowest BCUT2D eigenvalue weighted by atomic mass is 10.1. The van der Waals surface area contributed by atoms with Gasteiger partial charge in [-0.05, 0) is 30.0 Å². The van der Waals surface area contributed by atoms with Gasteiger partial charge < -0.3 is 14.7 Å². The highest BCUT2D eigenvalue weighted by Gasteiger charge is 2.41. The van der Waals surface area contributed by atoms with Crippen LogP contribution < -0.4 is 0 Å². The van der Waals surface area contributed by atoms with Gasteiger partial charge in [-0.2, -0.15) is 0 Å². The van der Waals surface area contributed by atoms with Gasteiger partial charge in [0.25, 0.3) is 0 Å². The number of fused-ring (bicyclic) bond motifs is 1. The standard InChI is InChI=1S/C20H26ClN3O3/c1-14(2)12-23-13-19(26)24-9-8-22(7-6-17(24)20(23)27)18(25)11-15-4-3-5-16(21)10-15/h3-5,10,14,17H,6-9,11-13H2,1-2H3. The molecule has 2 heterocycles. The Hall–Kier alpha value is -2.08. The third kappa shape index (κ3) is 4.61. The fourth-order valence-electron chi connectivity index (χ4n) is 3.81. The summed E-state index contributed by atoms with van der Waals surface area (Å²) in [6, 6.07) is 6.82. The Morgan fingerprint density at radius 2 is 2.00 bits per heavy atom. The average Bonchev–Trinajstić information content (AvgIpc) is 2.82. The van der Waals surface area contributed by atoms with Crippen LogP contribution in [0, 0.1) is 5.92 Å². The Morgan fingerprint density at radius 3 is 2.70 bits per heavy atom. The monoisotopic (exact) mass is 391 g/mol. The molecule has 0 aliphatic carbocycles. The average molecular weight is 392 g/mol. The Labute approximate surface area is 165 Å². The van der Waals surface area contributed by atoms with Gasteiger partial charge in [0.05, 0.1) is 13.0 Å². The molecule has 1 aromatic carbocycles. The smallest absolute Gasteiger partial charge is 0.245 e. The predicted octanol–water partition coefficient (Wildman–Crippen LogP) is 1.81. The number of carbonyl (C=O) groups is 3. The van der Waals surface area contributed by atoms with Gasteiger partial charge in [-0.3, -0.25) is 14.4 Å². The number of halogens is 1. The highest BCUT2D eigenvalue weighted by molar-refractivity contribution is 6.30. The summed E-state index contributed by atoms with van der Waals surface area (Å²) in [5.74, 6) is 0.294. The topological polar surface area (TPSA) is 60.9 Å². The largest absolute Gasteiger partial charge is 0.341 e. The Kier molecular flexibility index (Phi) is 6.05. The van der Waals surface area contributed by atoms with Gasteiger partial charge in [0, 0.05) is 31.2 Å². The van der Waals surface area contributed by atoms with Crippen LogP contribution in [0.25, 0.3) is 0 Å². The van der Waals surface area contributed by atoms with Crippen molar-refractivity contribution in [3.63, 3.8) is 0 Å². The van der Waals surface area contributed by atoms with Crippen molar-refractivity contribution in [2.75, 3.05) is 32.7 Å². The van der Waals surface area contributed by atoms with Gasteiger partial charge in [0.2, 0.25) is 17.7 Å². The summed E-state index contributed by atoms with van der Waals surface area (Å²) in [5.41, 5.74) is 0.865.